The molecule has 0 aliphatic carbocycles. The Labute approximate surface area is 130 Å². The van der Waals surface area contributed by atoms with E-state index in [-0.39, 0.29) is 11.3 Å². The summed E-state index contributed by atoms with van der Waals surface area (Å²) in [5, 5.41) is 1.12. The predicted octanol–water partition coefficient (Wildman–Crippen LogP) is 4.66. The number of fused-ring (bicyclic) bond motifs is 3. The van der Waals surface area contributed by atoms with Crippen LogP contribution >= 0.6 is 0 Å². The molecule has 0 unspecified atom stereocenters. The number of hydrogen-bond acceptors (Lipinski definition) is 3. The molecule has 0 bridgehead atoms. The summed E-state index contributed by atoms with van der Waals surface area (Å²) in [6, 6.07) is 12.3. The van der Waals surface area contributed by atoms with Gasteiger partial charge in [0, 0.05) is 36.5 Å². The lowest BCUT2D eigenvalue weighted by Crippen LogP contribution is -1.85. The molecule has 0 saturated heterocycles. The number of benzene rings is 1. The molecule has 0 saturated carbocycles. The molecular weight excluding hydrogens is 260 g/mol. The number of para-hydroxylation sites is 1. The first kappa shape index (κ1) is 7.36. The third-order valence-corrected chi connectivity index (χ3v) is 3.43. The standard InChI is InChI=1S/C18H14N2O/c1-11-10-15-13-6-5-7-14(16-8-3-4-9-19-16)17(13)21-18(15)20-12(11)2/h3-10H,1-2H3/i1D3,2D3. The first-order valence-corrected chi connectivity index (χ1v) is 6.45. The Morgan fingerprint density at radius 3 is 2.86 bits per heavy atom. The molecule has 21 heavy (non-hydrogen) atoms. The van der Waals surface area contributed by atoms with Crippen LogP contribution in [0.15, 0.2) is 53.1 Å². The van der Waals surface area contributed by atoms with E-state index in [9.17, 15) is 0 Å². The van der Waals surface area contributed by atoms with Crippen molar-refractivity contribution >= 4 is 22.1 Å². The number of aromatic nitrogens is 2. The minimum Gasteiger partial charge on any atom is -0.437 e. The van der Waals surface area contributed by atoms with E-state index in [1.165, 1.54) is 6.07 Å². The Morgan fingerprint density at radius 1 is 1.05 bits per heavy atom. The Hall–Kier alpha value is -2.68. The second-order valence-corrected chi connectivity index (χ2v) is 4.74. The summed E-state index contributed by atoms with van der Waals surface area (Å²) >= 11 is 0. The summed E-state index contributed by atoms with van der Waals surface area (Å²) in [5.41, 5.74) is 1.23. The van der Waals surface area contributed by atoms with Gasteiger partial charge < -0.3 is 4.42 Å². The molecule has 0 N–H and O–H groups in total. The number of rotatable bonds is 1. The van der Waals surface area contributed by atoms with Crippen molar-refractivity contribution in [3.63, 3.8) is 0 Å². The van der Waals surface area contributed by atoms with E-state index < -0.39 is 19.4 Å². The monoisotopic (exact) mass is 280 g/mol. The lowest BCUT2D eigenvalue weighted by molar-refractivity contribution is 0.653. The van der Waals surface area contributed by atoms with Gasteiger partial charge in [-0.25, -0.2) is 4.98 Å². The molecule has 0 fully saturated rings. The van der Waals surface area contributed by atoms with Crippen LogP contribution in [0, 0.1) is 13.7 Å². The molecule has 1 aromatic carbocycles. The zero-order valence-corrected chi connectivity index (χ0v) is 10.9. The number of hydrogen-bond donors (Lipinski definition) is 0. The Kier molecular flexibility index (Phi) is 1.55. The minimum atomic E-state index is -2.67. The summed E-state index contributed by atoms with van der Waals surface area (Å²) in [7, 11) is 0. The van der Waals surface area contributed by atoms with Crippen LogP contribution in [0.2, 0.25) is 0 Å². The van der Waals surface area contributed by atoms with E-state index in [1.54, 1.807) is 18.3 Å². The van der Waals surface area contributed by atoms with Crippen molar-refractivity contribution < 1.29 is 12.6 Å². The molecule has 4 aromatic rings. The van der Waals surface area contributed by atoms with Gasteiger partial charge in [0.05, 0.1) is 5.69 Å². The maximum atomic E-state index is 7.71. The van der Waals surface area contributed by atoms with E-state index in [0.717, 1.165) is 5.56 Å². The van der Waals surface area contributed by atoms with Gasteiger partial charge in [0.1, 0.15) is 5.58 Å². The summed E-state index contributed by atoms with van der Waals surface area (Å²) in [4.78, 5) is 8.40. The fourth-order valence-corrected chi connectivity index (χ4v) is 2.45. The van der Waals surface area contributed by atoms with Gasteiger partial charge in [0.25, 0.3) is 0 Å². The van der Waals surface area contributed by atoms with Crippen LogP contribution in [-0.2, 0) is 0 Å². The smallest absolute Gasteiger partial charge is 0.227 e. The molecule has 0 radical (unpaired) electrons. The fourth-order valence-electron chi connectivity index (χ4n) is 2.45. The molecule has 0 aliphatic rings. The zero-order chi connectivity index (χ0) is 19.4. The maximum absolute atomic E-state index is 7.71. The van der Waals surface area contributed by atoms with Gasteiger partial charge in [0.2, 0.25) is 5.71 Å². The van der Waals surface area contributed by atoms with E-state index in [4.69, 9.17) is 12.6 Å². The van der Waals surface area contributed by atoms with Gasteiger partial charge in [-0.2, -0.15) is 0 Å². The van der Waals surface area contributed by atoms with E-state index >= 15 is 0 Å². The molecule has 0 atom stereocenters. The van der Waals surface area contributed by atoms with Crippen LogP contribution in [0.25, 0.3) is 33.3 Å². The highest BCUT2D eigenvalue weighted by Crippen LogP contribution is 2.34. The maximum Gasteiger partial charge on any atom is 0.227 e. The second-order valence-electron chi connectivity index (χ2n) is 4.74. The SMILES string of the molecule is [2H]C([2H])([2H])c1cc2c(nc1C([2H])([2H])[2H])oc1c(-c3ccccn3)cccc12. The van der Waals surface area contributed by atoms with Crippen LogP contribution in [0.4, 0.5) is 0 Å². The summed E-state index contributed by atoms with van der Waals surface area (Å²) < 4.78 is 51.9. The van der Waals surface area contributed by atoms with Crippen molar-refractivity contribution in [3.05, 3.63) is 59.9 Å². The molecule has 102 valence electrons. The van der Waals surface area contributed by atoms with Gasteiger partial charge in [-0.05, 0) is 43.5 Å². The van der Waals surface area contributed by atoms with Crippen LogP contribution in [0.3, 0.4) is 0 Å². The summed E-state index contributed by atoms with van der Waals surface area (Å²) in [5.74, 6) is 0. The summed E-state index contributed by atoms with van der Waals surface area (Å²) in [6.07, 6.45) is 1.66. The molecule has 3 heteroatoms. The Bertz CT molecular complexity index is 1150. The highest BCUT2D eigenvalue weighted by molar-refractivity contribution is 6.08. The highest BCUT2D eigenvalue weighted by atomic mass is 16.3. The largest absolute Gasteiger partial charge is 0.437 e. The van der Waals surface area contributed by atoms with Gasteiger partial charge in [-0.15, -0.1) is 0 Å². The third-order valence-electron chi connectivity index (χ3n) is 3.43. The van der Waals surface area contributed by atoms with Gasteiger partial charge in [-0.3, -0.25) is 4.98 Å². The van der Waals surface area contributed by atoms with Crippen LogP contribution in [-0.4, -0.2) is 9.97 Å². The van der Waals surface area contributed by atoms with E-state index in [1.807, 2.05) is 24.3 Å². The van der Waals surface area contributed by atoms with Gasteiger partial charge in [0.15, 0.2) is 0 Å². The number of nitrogens with zero attached hydrogens (tertiary/aromatic N) is 2. The molecular formula is C18H14N2O. The minimum absolute atomic E-state index is 0.0903. The number of aryl methyl sites for hydroxylation is 2. The van der Waals surface area contributed by atoms with E-state index in [0.29, 0.717) is 22.0 Å². The molecule has 3 nitrogen and oxygen atoms in total. The predicted molar refractivity (Wildman–Crippen MR) is 84.2 cm³/mol. The highest BCUT2D eigenvalue weighted by Gasteiger charge is 2.14. The first-order valence-electron chi connectivity index (χ1n) is 9.45. The van der Waals surface area contributed by atoms with Crippen LogP contribution in [0.1, 0.15) is 19.5 Å². The molecule has 0 amide bonds. The average molecular weight is 280 g/mol. The Balaban J connectivity index is 2.08. The van der Waals surface area contributed by atoms with Crippen molar-refractivity contribution in [1.82, 2.24) is 9.97 Å². The molecule has 0 spiro atoms. The normalized spacial score (nSPS) is 16.8. The van der Waals surface area contributed by atoms with Crippen molar-refractivity contribution in [2.75, 3.05) is 0 Å². The van der Waals surface area contributed by atoms with Crippen LogP contribution < -0.4 is 0 Å². The summed E-state index contributed by atoms with van der Waals surface area (Å²) in [6.45, 7) is -5.27. The third kappa shape index (κ3) is 1.82. The zero-order valence-electron chi connectivity index (χ0n) is 16.9. The number of furan rings is 1. The van der Waals surface area contributed by atoms with Gasteiger partial charge >= 0.3 is 0 Å². The second kappa shape index (κ2) is 4.42. The van der Waals surface area contributed by atoms with Gasteiger partial charge in [-0.1, -0.05) is 18.2 Å². The molecule has 0 aliphatic heterocycles. The number of pyridine rings is 2. The first-order chi connectivity index (χ1) is 12.7. The van der Waals surface area contributed by atoms with Crippen molar-refractivity contribution in [2.45, 2.75) is 13.7 Å². The van der Waals surface area contributed by atoms with Crippen molar-refractivity contribution in [3.8, 4) is 11.3 Å². The fraction of sp³-hybridized carbons (Fsp3) is 0.111. The lowest BCUT2D eigenvalue weighted by atomic mass is 10.1. The molecule has 4 rings (SSSR count). The quantitative estimate of drug-likeness (QED) is 0.509. The molecule has 3 heterocycles. The van der Waals surface area contributed by atoms with Crippen LogP contribution in [0.5, 0.6) is 0 Å². The molecule has 3 aromatic heterocycles. The lowest BCUT2D eigenvalue weighted by Gasteiger charge is -2.00. The average Bonchev–Trinajstić information content (AvgIpc) is 2.98. The van der Waals surface area contributed by atoms with Crippen molar-refractivity contribution in [2.24, 2.45) is 0 Å². The topological polar surface area (TPSA) is 38.9 Å². The van der Waals surface area contributed by atoms with E-state index in [2.05, 4.69) is 9.97 Å². The Morgan fingerprint density at radius 2 is 2.05 bits per heavy atom. The van der Waals surface area contributed by atoms with Crippen molar-refractivity contribution in [1.29, 1.82) is 0 Å².